The lowest BCUT2D eigenvalue weighted by Crippen LogP contribution is -2.49. The smallest absolute Gasteiger partial charge is 0.326 e. The molecule has 1 aromatic carbocycles. The number of ether oxygens (including phenoxy) is 1. The minimum Gasteiger partial charge on any atom is -0.369 e. The van der Waals surface area contributed by atoms with Gasteiger partial charge in [-0.15, -0.1) is 0 Å². The van der Waals surface area contributed by atoms with Gasteiger partial charge in [0.05, 0.1) is 17.1 Å². The van der Waals surface area contributed by atoms with E-state index in [-0.39, 0.29) is 11.7 Å². The molecule has 6 heteroatoms. The number of likely N-dealkylation sites (tertiary alicyclic amines) is 1. The molecule has 3 fully saturated rings. The molecule has 2 heterocycles. The number of aromatic amines is 1. The molecule has 5 rings (SSSR count). The first-order chi connectivity index (χ1) is 15.7. The highest BCUT2D eigenvalue weighted by atomic mass is 16.5. The van der Waals surface area contributed by atoms with Gasteiger partial charge in [-0.3, -0.25) is 4.57 Å². The van der Waals surface area contributed by atoms with Gasteiger partial charge in [0.1, 0.15) is 17.7 Å². The van der Waals surface area contributed by atoms with Crippen LogP contribution in [0.2, 0.25) is 0 Å². The number of nitrogens with zero attached hydrogens (tertiary/aromatic N) is 2. The second kappa shape index (κ2) is 9.29. The fourth-order valence-corrected chi connectivity index (χ4v) is 6.85. The predicted octanol–water partition coefficient (Wildman–Crippen LogP) is 4.30. The van der Waals surface area contributed by atoms with Crippen LogP contribution in [-0.2, 0) is 9.53 Å². The topological polar surface area (TPSA) is 67.3 Å². The molecule has 3 aliphatic rings. The van der Waals surface area contributed by atoms with E-state index in [1.807, 2.05) is 31.2 Å². The summed E-state index contributed by atoms with van der Waals surface area (Å²) in [6.07, 6.45) is 9.72. The Morgan fingerprint density at radius 3 is 2.75 bits per heavy atom. The van der Waals surface area contributed by atoms with Gasteiger partial charge >= 0.3 is 5.69 Å². The lowest BCUT2D eigenvalue weighted by Gasteiger charge is -2.46. The number of hydrogen-bond donors (Lipinski definition) is 1. The van der Waals surface area contributed by atoms with Gasteiger partial charge in [-0.25, -0.2) is 9.59 Å². The molecule has 0 bridgehead atoms. The summed E-state index contributed by atoms with van der Waals surface area (Å²) >= 11 is 0. The molecule has 5 atom stereocenters. The van der Waals surface area contributed by atoms with E-state index < -0.39 is 6.10 Å². The van der Waals surface area contributed by atoms with Crippen molar-refractivity contribution in [3.63, 3.8) is 0 Å². The summed E-state index contributed by atoms with van der Waals surface area (Å²) in [6.45, 7) is 4.12. The summed E-state index contributed by atoms with van der Waals surface area (Å²) in [5.41, 5.74) is 2.13. The quantitative estimate of drug-likeness (QED) is 0.708. The van der Waals surface area contributed by atoms with Gasteiger partial charge in [0.15, 0.2) is 0 Å². The van der Waals surface area contributed by atoms with Crippen molar-refractivity contribution < 1.29 is 9.53 Å². The molecular weight excluding hydrogens is 402 g/mol. The van der Waals surface area contributed by atoms with E-state index in [0.717, 1.165) is 42.4 Å². The largest absolute Gasteiger partial charge is 0.369 e. The van der Waals surface area contributed by atoms with E-state index in [1.165, 1.54) is 44.9 Å². The molecule has 0 radical (unpaired) electrons. The highest BCUT2D eigenvalue weighted by Crippen LogP contribution is 2.45. The highest BCUT2D eigenvalue weighted by Gasteiger charge is 2.41. The van der Waals surface area contributed by atoms with Crippen LogP contribution in [0.4, 0.5) is 0 Å². The van der Waals surface area contributed by atoms with E-state index in [9.17, 15) is 9.59 Å². The molecule has 172 valence electrons. The Balaban J connectivity index is 1.42. The summed E-state index contributed by atoms with van der Waals surface area (Å²) in [4.78, 5) is 30.3. The maximum atomic E-state index is 12.9. The second-order valence-corrected chi connectivity index (χ2v) is 9.88. The predicted molar refractivity (Wildman–Crippen MR) is 125 cm³/mol. The molecule has 2 aromatic rings. The number of benzene rings is 1. The number of imidazole rings is 1. The second-order valence-electron chi connectivity index (χ2n) is 9.88. The normalized spacial score (nSPS) is 30.8. The van der Waals surface area contributed by atoms with Crippen molar-refractivity contribution in [2.75, 3.05) is 19.7 Å². The van der Waals surface area contributed by atoms with Crippen LogP contribution in [0.1, 0.15) is 64.3 Å². The van der Waals surface area contributed by atoms with Crippen LogP contribution in [-0.4, -0.2) is 46.2 Å². The maximum absolute atomic E-state index is 12.9. The van der Waals surface area contributed by atoms with Gasteiger partial charge in [0.2, 0.25) is 0 Å². The molecule has 1 N–H and O–H groups in total. The molecule has 32 heavy (non-hydrogen) atoms. The monoisotopic (exact) mass is 437 g/mol. The van der Waals surface area contributed by atoms with E-state index in [1.54, 1.807) is 4.57 Å². The van der Waals surface area contributed by atoms with Crippen LogP contribution < -0.4 is 5.69 Å². The van der Waals surface area contributed by atoms with Crippen LogP contribution >= 0.6 is 0 Å². The Hall–Kier alpha value is -2.30. The van der Waals surface area contributed by atoms with Crippen molar-refractivity contribution in [1.82, 2.24) is 14.5 Å². The fourth-order valence-electron chi connectivity index (χ4n) is 6.85. The minimum absolute atomic E-state index is 0.142. The zero-order valence-electron chi connectivity index (χ0n) is 19.1. The Labute approximate surface area is 189 Å². The zero-order chi connectivity index (χ0) is 22.1. The molecule has 1 aromatic heterocycles. The summed E-state index contributed by atoms with van der Waals surface area (Å²) < 4.78 is 7.93. The standard InChI is InChI=1S/C26H35N3O3/c1-2-32-25-23(29-22-13-6-5-12-21(22)27-26(29)31)14-15-28(24(25)17-30)16-19-10-7-9-18-8-3-4-11-20(18)19/h5-6,12-13,18-20,23,25H,2-4,7-11,14-16H2,1H3,(H,27,31). The molecule has 1 saturated heterocycles. The highest BCUT2D eigenvalue weighted by molar-refractivity contribution is 5.75. The van der Waals surface area contributed by atoms with Gasteiger partial charge in [-0.2, -0.15) is 0 Å². The molecule has 2 saturated carbocycles. The zero-order valence-corrected chi connectivity index (χ0v) is 19.1. The molecule has 2 aliphatic carbocycles. The van der Waals surface area contributed by atoms with E-state index in [2.05, 4.69) is 15.8 Å². The number of hydrogen-bond acceptors (Lipinski definition) is 4. The molecule has 0 amide bonds. The number of piperidine rings is 1. The molecular formula is C26H35N3O3. The van der Waals surface area contributed by atoms with Crippen LogP contribution in [0, 0.1) is 17.8 Å². The van der Waals surface area contributed by atoms with Crippen molar-refractivity contribution in [2.24, 2.45) is 17.8 Å². The Bertz CT molecular complexity index is 1050. The number of rotatable bonds is 5. The first-order valence-corrected chi connectivity index (χ1v) is 12.5. The van der Waals surface area contributed by atoms with Gasteiger partial charge < -0.3 is 14.6 Å². The number of aromatic nitrogens is 2. The van der Waals surface area contributed by atoms with E-state index >= 15 is 0 Å². The van der Waals surface area contributed by atoms with Crippen molar-refractivity contribution >= 4 is 17.0 Å². The van der Waals surface area contributed by atoms with Crippen molar-refractivity contribution in [2.45, 2.75) is 70.4 Å². The van der Waals surface area contributed by atoms with Crippen molar-refractivity contribution in [3.8, 4) is 0 Å². The number of carbonyl (C=O) groups excluding carboxylic acids is 1. The summed E-state index contributed by atoms with van der Waals surface area (Å²) in [7, 11) is 0. The third kappa shape index (κ3) is 3.84. The first-order valence-electron chi connectivity index (χ1n) is 12.5. The average molecular weight is 438 g/mol. The average Bonchev–Trinajstić information content (AvgIpc) is 3.15. The Morgan fingerprint density at radius 1 is 1.09 bits per heavy atom. The van der Waals surface area contributed by atoms with Crippen LogP contribution in [0.5, 0.6) is 0 Å². The third-order valence-electron chi connectivity index (χ3n) is 8.24. The fraction of sp³-hybridized carbons (Fsp3) is 0.654. The van der Waals surface area contributed by atoms with Gasteiger partial charge in [-0.05, 0) is 56.1 Å². The summed E-state index contributed by atoms with van der Waals surface area (Å²) in [6, 6.07) is 7.53. The SMILES string of the molecule is CCOC1C(=C=O)N(CC2CCCC3CCCCC32)CCC1n1c(=O)[nH]c2ccccc21. The summed E-state index contributed by atoms with van der Waals surface area (Å²) in [5.74, 6) is 4.57. The van der Waals surface area contributed by atoms with Gasteiger partial charge in [0, 0.05) is 19.7 Å². The number of H-pyrrole nitrogens is 1. The Morgan fingerprint density at radius 2 is 1.91 bits per heavy atom. The molecule has 6 nitrogen and oxygen atoms in total. The molecule has 1 aliphatic heterocycles. The van der Waals surface area contributed by atoms with Crippen LogP contribution in [0.25, 0.3) is 11.0 Å². The van der Waals surface area contributed by atoms with Gasteiger partial charge in [0.25, 0.3) is 0 Å². The summed E-state index contributed by atoms with van der Waals surface area (Å²) in [5, 5.41) is 0. The third-order valence-corrected chi connectivity index (χ3v) is 8.24. The van der Waals surface area contributed by atoms with Gasteiger partial charge in [-0.1, -0.05) is 44.2 Å². The van der Waals surface area contributed by atoms with Crippen molar-refractivity contribution in [1.29, 1.82) is 0 Å². The van der Waals surface area contributed by atoms with Crippen LogP contribution in [0.15, 0.2) is 34.8 Å². The number of para-hydroxylation sites is 2. The van der Waals surface area contributed by atoms with Crippen LogP contribution in [0.3, 0.4) is 0 Å². The lowest BCUT2D eigenvalue weighted by atomic mass is 9.65. The molecule has 5 unspecified atom stereocenters. The lowest BCUT2D eigenvalue weighted by molar-refractivity contribution is -0.00415. The maximum Gasteiger partial charge on any atom is 0.326 e. The van der Waals surface area contributed by atoms with E-state index in [0.29, 0.717) is 18.2 Å². The van der Waals surface area contributed by atoms with Crippen molar-refractivity contribution in [3.05, 3.63) is 40.4 Å². The minimum atomic E-state index is -0.450. The Kier molecular flexibility index (Phi) is 6.25. The number of nitrogens with one attached hydrogen (secondary N) is 1. The molecule has 0 spiro atoms. The first kappa shape index (κ1) is 21.5. The number of fused-ring (bicyclic) bond motifs is 2. The van der Waals surface area contributed by atoms with E-state index in [4.69, 9.17) is 4.74 Å².